The van der Waals surface area contributed by atoms with Crippen molar-refractivity contribution < 1.29 is 9.21 Å². The van der Waals surface area contributed by atoms with Gasteiger partial charge < -0.3 is 9.73 Å². The van der Waals surface area contributed by atoms with Gasteiger partial charge in [0.15, 0.2) is 11.5 Å². The number of para-hydroxylation sites is 2. The number of hydrogen-bond donors (Lipinski definition) is 1. The van der Waals surface area contributed by atoms with Gasteiger partial charge in [0.1, 0.15) is 11.3 Å². The van der Waals surface area contributed by atoms with Gasteiger partial charge in [0.05, 0.1) is 12.2 Å². The zero-order valence-electron chi connectivity index (χ0n) is 16.6. The number of aromatic nitrogens is 3. The number of nitrogens with one attached hydrogen (secondary N) is 1. The Bertz CT molecular complexity index is 928. The lowest BCUT2D eigenvalue weighted by atomic mass is 9.96. The van der Waals surface area contributed by atoms with Crippen LogP contribution in [0.15, 0.2) is 40.9 Å². The standard InChI is InChI=1S/C21H27N5O2/c1-14(2)26-19(10-11-22-26)24-20(27)15(3)25-12-6-7-16(13-25)21-23-17-8-4-5-9-18(17)28-21/h4-5,8-11,14-16H,6-7,12-13H2,1-3H3,(H,24,27)/t15-,16-/m0/s1. The number of amides is 1. The van der Waals surface area contributed by atoms with Gasteiger partial charge in [0.25, 0.3) is 0 Å². The molecule has 7 heteroatoms. The average molecular weight is 381 g/mol. The van der Waals surface area contributed by atoms with Gasteiger partial charge in [-0.3, -0.25) is 9.69 Å². The molecule has 1 fully saturated rings. The first-order valence-corrected chi connectivity index (χ1v) is 9.97. The molecule has 7 nitrogen and oxygen atoms in total. The maximum absolute atomic E-state index is 12.8. The minimum Gasteiger partial charge on any atom is -0.440 e. The molecule has 2 aromatic heterocycles. The summed E-state index contributed by atoms with van der Waals surface area (Å²) < 4.78 is 7.79. The van der Waals surface area contributed by atoms with Crippen LogP contribution in [0.1, 0.15) is 51.5 Å². The van der Waals surface area contributed by atoms with Crippen LogP contribution in [-0.4, -0.2) is 44.7 Å². The number of rotatable bonds is 5. The molecule has 1 amide bonds. The minimum atomic E-state index is -0.234. The number of nitrogens with zero attached hydrogens (tertiary/aromatic N) is 4. The van der Waals surface area contributed by atoms with E-state index in [0.717, 1.165) is 48.7 Å². The topological polar surface area (TPSA) is 76.2 Å². The molecular weight excluding hydrogens is 354 g/mol. The third-order valence-electron chi connectivity index (χ3n) is 5.45. The van der Waals surface area contributed by atoms with E-state index in [1.807, 2.05) is 55.8 Å². The Labute approximate surface area is 164 Å². The summed E-state index contributed by atoms with van der Waals surface area (Å²) in [5.41, 5.74) is 1.71. The molecule has 1 N–H and O–H groups in total. The highest BCUT2D eigenvalue weighted by Gasteiger charge is 2.31. The van der Waals surface area contributed by atoms with Gasteiger partial charge in [-0.25, -0.2) is 9.67 Å². The van der Waals surface area contributed by atoms with Crippen LogP contribution >= 0.6 is 0 Å². The van der Waals surface area contributed by atoms with Crippen molar-refractivity contribution in [1.82, 2.24) is 19.7 Å². The van der Waals surface area contributed by atoms with Gasteiger partial charge in [-0.15, -0.1) is 0 Å². The number of hydrogen-bond acceptors (Lipinski definition) is 5. The van der Waals surface area contributed by atoms with E-state index < -0.39 is 0 Å². The molecule has 4 rings (SSSR count). The lowest BCUT2D eigenvalue weighted by molar-refractivity contribution is -0.121. The SMILES string of the molecule is CC(C)n1nccc1NC(=O)[C@H](C)N1CCC[C@H](c2nc3ccccc3o2)C1. The van der Waals surface area contributed by atoms with Crippen molar-refractivity contribution in [3.63, 3.8) is 0 Å². The molecule has 0 unspecified atom stereocenters. The molecule has 28 heavy (non-hydrogen) atoms. The molecule has 1 aromatic carbocycles. The molecule has 1 aliphatic rings. The Hall–Kier alpha value is -2.67. The highest BCUT2D eigenvalue weighted by Crippen LogP contribution is 2.30. The fourth-order valence-corrected chi connectivity index (χ4v) is 3.85. The number of fused-ring (bicyclic) bond motifs is 1. The molecule has 0 bridgehead atoms. The quantitative estimate of drug-likeness (QED) is 0.727. The molecule has 0 saturated carbocycles. The number of piperidine rings is 1. The molecule has 0 radical (unpaired) electrons. The Kier molecular flexibility index (Phi) is 5.17. The van der Waals surface area contributed by atoms with Gasteiger partial charge in [-0.2, -0.15) is 5.10 Å². The van der Waals surface area contributed by atoms with Gasteiger partial charge in [0.2, 0.25) is 5.91 Å². The van der Waals surface area contributed by atoms with Crippen LogP contribution in [0.2, 0.25) is 0 Å². The number of carbonyl (C=O) groups excluding carboxylic acids is 1. The molecule has 3 aromatic rings. The lowest BCUT2D eigenvalue weighted by Crippen LogP contribution is -2.46. The van der Waals surface area contributed by atoms with E-state index in [1.54, 1.807) is 6.20 Å². The number of anilines is 1. The summed E-state index contributed by atoms with van der Waals surface area (Å²) in [6, 6.07) is 9.63. The lowest BCUT2D eigenvalue weighted by Gasteiger charge is -2.34. The number of carbonyl (C=O) groups is 1. The molecule has 1 saturated heterocycles. The highest BCUT2D eigenvalue weighted by atomic mass is 16.3. The van der Waals surface area contributed by atoms with E-state index in [4.69, 9.17) is 4.42 Å². The Morgan fingerprint density at radius 2 is 2.07 bits per heavy atom. The number of oxazole rings is 1. The summed E-state index contributed by atoms with van der Waals surface area (Å²) in [5, 5.41) is 7.31. The van der Waals surface area contributed by atoms with Crippen LogP contribution in [-0.2, 0) is 4.79 Å². The average Bonchev–Trinajstić information content (AvgIpc) is 3.34. The van der Waals surface area contributed by atoms with Crippen LogP contribution in [0.4, 0.5) is 5.82 Å². The van der Waals surface area contributed by atoms with Crippen LogP contribution in [0, 0.1) is 0 Å². The largest absolute Gasteiger partial charge is 0.440 e. The van der Waals surface area contributed by atoms with E-state index >= 15 is 0 Å². The predicted molar refractivity (Wildman–Crippen MR) is 108 cm³/mol. The zero-order chi connectivity index (χ0) is 19.7. The second-order valence-electron chi connectivity index (χ2n) is 7.77. The van der Waals surface area contributed by atoms with E-state index in [1.165, 1.54) is 0 Å². The second-order valence-corrected chi connectivity index (χ2v) is 7.77. The molecule has 0 spiro atoms. The van der Waals surface area contributed by atoms with Crippen molar-refractivity contribution in [3.05, 3.63) is 42.4 Å². The van der Waals surface area contributed by atoms with Gasteiger partial charge >= 0.3 is 0 Å². The fourth-order valence-electron chi connectivity index (χ4n) is 3.85. The summed E-state index contributed by atoms with van der Waals surface area (Å²) in [6.45, 7) is 7.71. The van der Waals surface area contributed by atoms with Crippen molar-refractivity contribution >= 4 is 22.8 Å². The molecular formula is C21H27N5O2. The first kappa shape index (κ1) is 18.7. The van der Waals surface area contributed by atoms with E-state index in [9.17, 15) is 4.79 Å². The Morgan fingerprint density at radius 1 is 1.25 bits per heavy atom. The zero-order valence-corrected chi connectivity index (χ0v) is 16.6. The summed E-state index contributed by atoms with van der Waals surface area (Å²) in [6.07, 6.45) is 3.76. The number of likely N-dealkylation sites (tertiary alicyclic amines) is 1. The van der Waals surface area contributed by atoms with Crippen LogP contribution in [0.3, 0.4) is 0 Å². The van der Waals surface area contributed by atoms with Crippen LogP contribution in [0.5, 0.6) is 0 Å². The normalized spacial score (nSPS) is 19.2. The van der Waals surface area contributed by atoms with E-state index in [0.29, 0.717) is 0 Å². The number of benzene rings is 1. The predicted octanol–water partition coefficient (Wildman–Crippen LogP) is 3.81. The Balaban J connectivity index is 1.44. The molecule has 3 heterocycles. The smallest absolute Gasteiger partial charge is 0.242 e. The van der Waals surface area contributed by atoms with Gasteiger partial charge in [0, 0.05) is 24.6 Å². The maximum Gasteiger partial charge on any atom is 0.242 e. The van der Waals surface area contributed by atoms with E-state index in [-0.39, 0.29) is 23.9 Å². The molecule has 148 valence electrons. The third-order valence-corrected chi connectivity index (χ3v) is 5.45. The first-order chi connectivity index (χ1) is 13.5. The monoisotopic (exact) mass is 381 g/mol. The maximum atomic E-state index is 12.8. The minimum absolute atomic E-state index is 0.0133. The van der Waals surface area contributed by atoms with Crippen molar-refractivity contribution in [3.8, 4) is 0 Å². The summed E-state index contributed by atoms with van der Waals surface area (Å²) in [7, 11) is 0. The Morgan fingerprint density at radius 3 is 2.86 bits per heavy atom. The van der Waals surface area contributed by atoms with Gasteiger partial charge in [-0.1, -0.05) is 12.1 Å². The van der Waals surface area contributed by atoms with Crippen molar-refractivity contribution in [2.45, 2.75) is 51.6 Å². The van der Waals surface area contributed by atoms with Crippen molar-refractivity contribution in [2.75, 3.05) is 18.4 Å². The summed E-state index contributed by atoms with van der Waals surface area (Å²) in [4.78, 5) is 19.7. The molecule has 1 aliphatic heterocycles. The molecule has 0 aliphatic carbocycles. The fraction of sp³-hybridized carbons (Fsp3) is 0.476. The van der Waals surface area contributed by atoms with Crippen molar-refractivity contribution in [2.24, 2.45) is 0 Å². The summed E-state index contributed by atoms with van der Waals surface area (Å²) >= 11 is 0. The molecule has 2 atom stereocenters. The first-order valence-electron chi connectivity index (χ1n) is 9.97. The van der Waals surface area contributed by atoms with E-state index in [2.05, 4.69) is 20.3 Å². The van der Waals surface area contributed by atoms with Gasteiger partial charge in [-0.05, 0) is 52.3 Å². The van der Waals surface area contributed by atoms with Crippen LogP contribution in [0.25, 0.3) is 11.1 Å². The summed E-state index contributed by atoms with van der Waals surface area (Å²) in [5.74, 6) is 1.70. The second kappa shape index (κ2) is 7.75. The third kappa shape index (κ3) is 3.67. The highest BCUT2D eigenvalue weighted by molar-refractivity contribution is 5.93. The van der Waals surface area contributed by atoms with Crippen LogP contribution < -0.4 is 5.32 Å². The van der Waals surface area contributed by atoms with Crippen molar-refractivity contribution in [1.29, 1.82) is 0 Å².